The van der Waals surface area contributed by atoms with Crippen LogP contribution in [0.1, 0.15) is 32.1 Å². The van der Waals surface area contributed by atoms with Crippen LogP contribution in [0.4, 0.5) is 0 Å². The Morgan fingerprint density at radius 3 is 3.09 bits per heavy atom. The number of hydrogen-bond acceptors (Lipinski definition) is 5. The zero-order valence-electron chi connectivity index (χ0n) is 13.1. The predicted octanol–water partition coefficient (Wildman–Crippen LogP) is 3.35. The molecule has 2 N–H and O–H groups in total. The third-order valence-electron chi connectivity index (χ3n) is 4.07. The highest BCUT2D eigenvalue weighted by Gasteiger charge is 2.32. The Kier molecular flexibility index (Phi) is 4.66. The van der Waals surface area contributed by atoms with Gasteiger partial charge in [0, 0.05) is 17.7 Å². The Balaban J connectivity index is 1.73. The van der Waals surface area contributed by atoms with Crippen LogP contribution < -0.4 is 10.1 Å². The van der Waals surface area contributed by atoms with Gasteiger partial charge in [-0.1, -0.05) is 12.1 Å². The predicted molar refractivity (Wildman–Crippen MR) is 90.7 cm³/mol. The molecule has 2 atom stereocenters. The lowest BCUT2D eigenvalue weighted by Crippen LogP contribution is -2.41. The molecule has 22 heavy (non-hydrogen) atoms. The number of aliphatic hydroxyl groups is 1. The molecule has 1 aliphatic heterocycles. The number of fused-ring (bicyclic) bond motifs is 1. The Morgan fingerprint density at radius 2 is 2.36 bits per heavy atom. The second-order valence-corrected chi connectivity index (χ2v) is 6.99. The molecule has 1 aromatic carbocycles. The molecular formula is C17H23NO3S. The number of hydrogen-bond donors (Lipinski definition) is 2. The van der Waals surface area contributed by atoms with E-state index in [0.29, 0.717) is 13.2 Å². The molecule has 0 aliphatic carbocycles. The van der Waals surface area contributed by atoms with Crippen LogP contribution in [0.25, 0.3) is 11.0 Å². The molecular weight excluding hydrogens is 298 g/mol. The molecule has 2 aromatic rings. The first-order valence-corrected chi connectivity index (χ1v) is 8.95. The lowest BCUT2D eigenvalue weighted by molar-refractivity contribution is 0.0644. The maximum atomic E-state index is 10.4. The normalized spacial score (nSPS) is 23.0. The van der Waals surface area contributed by atoms with Crippen molar-refractivity contribution in [1.82, 2.24) is 5.32 Å². The SMILES string of the molecule is CCOc1cccc2cc([C@@H](C)NC[C@]3(O)CCSC3)oc12. The van der Waals surface area contributed by atoms with Crippen LogP contribution in [0.3, 0.4) is 0 Å². The lowest BCUT2D eigenvalue weighted by Gasteiger charge is -2.23. The standard InChI is InChI=1S/C17H23NO3S/c1-3-20-14-6-4-5-13-9-15(21-16(13)14)12(2)18-10-17(19)7-8-22-11-17/h4-6,9,12,18-19H,3,7-8,10-11H2,1-2H3/t12-,17-/m1/s1. The van der Waals surface area contributed by atoms with Crippen LogP contribution in [-0.2, 0) is 0 Å². The molecule has 1 fully saturated rings. The van der Waals surface area contributed by atoms with E-state index in [1.54, 1.807) is 0 Å². The molecule has 0 bridgehead atoms. The quantitative estimate of drug-likeness (QED) is 0.854. The topological polar surface area (TPSA) is 54.6 Å². The average molecular weight is 321 g/mol. The lowest BCUT2D eigenvalue weighted by atomic mass is 10.0. The fraction of sp³-hybridized carbons (Fsp3) is 0.529. The Labute approximate surface area is 135 Å². The van der Waals surface area contributed by atoms with Crippen LogP contribution in [0.2, 0.25) is 0 Å². The molecule has 2 heterocycles. The van der Waals surface area contributed by atoms with E-state index in [-0.39, 0.29) is 6.04 Å². The maximum Gasteiger partial charge on any atom is 0.176 e. The minimum Gasteiger partial charge on any atom is -0.490 e. The highest BCUT2D eigenvalue weighted by molar-refractivity contribution is 7.99. The van der Waals surface area contributed by atoms with Crippen LogP contribution in [0, 0.1) is 0 Å². The van der Waals surface area contributed by atoms with Crippen LogP contribution >= 0.6 is 11.8 Å². The smallest absolute Gasteiger partial charge is 0.176 e. The van der Waals surface area contributed by atoms with E-state index in [0.717, 1.165) is 40.4 Å². The first-order valence-electron chi connectivity index (χ1n) is 7.80. The van der Waals surface area contributed by atoms with Crippen molar-refractivity contribution in [2.75, 3.05) is 24.7 Å². The molecule has 0 amide bonds. The summed E-state index contributed by atoms with van der Waals surface area (Å²) in [7, 11) is 0. The molecule has 1 aliphatic rings. The first kappa shape index (κ1) is 15.7. The maximum absolute atomic E-state index is 10.4. The van der Waals surface area contributed by atoms with Crippen molar-refractivity contribution in [3.8, 4) is 5.75 Å². The first-order chi connectivity index (χ1) is 10.6. The van der Waals surface area contributed by atoms with E-state index in [9.17, 15) is 5.11 Å². The second kappa shape index (κ2) is 6.52. The third-order valence-corrected chi connectivity index (χ3v) is 5.31. The summed E-state index contributed by atoms with van der Waals surface area (Å²) >= 11 is 1.81. The Hall–Kier alpha value is -1.17. The van der Waals surface area contributed by atoms with Gasteiger partial charge in [0.05, 0.1) is 18.2 Å². The van der Waals surface area contributed by atoms with Crippen molar-refractivity contribution in [3.05, 3.63) is 30.0 Å². The molecule has 3 rings (SSSR count). The molecule has 0 radical (unpaired) electrons. The van der Waals surface area contributed by atoms with Gasteiger partial charge in [-0.05, 0) is 38.2 Å². The van der Waals surface area contributed by atoms with Crippen molar-refractivity contribution < 1.29 is 14.3 Å². The number of ether oxygens (including phenoxy) is 1. The highest BCUT2D eigenvalue weighted by Crippen LogP contribution is 2.32. The summed E-state index contributed by atoms with van der Waals surface area (Å²) in [6.07, 6.45) is 0.853. The fourth-order valence-electron chi connectivity index (χ4n) is 2.72. The molecule has 5 heteroatoms. The number of para-hydroxylation sites is 1. The number of thioether (sulfide) groups is 1. The van der Waals surface area contributed by atoms with Gasteiger partial charge in [-0.3, -0.25) is 0 Å². The largest absolute Gasteiger partial charge is 0.490 e. The molecule has 0 unspecified atom stereocenters. The van der Waals surface area contributed by atoms with Crippen molar-refractivity contribution in [2.45, 2.75) is 31.9 Å². The van der Waals surface area contributed by atoms with E-state index in [1.165, 1.54) is 0 Å². The van der Waals surface area contributed by atoms with Crippen LogP contribution in [-0.4, -0.2) is 35.4 Å². The summed E-state index contributed by atoms with van der Waals surface area (Å²) in [5.74, 6) is 3.50. The minimum absolute atomic E-state index is 0.0523. The number of rotatable bonds is 6. The summed E-state index contributed by atoms with van der Waals surface area (Å²) in [4.78, 5) is 0. The summed E-state index contributed by atoms with van der Waals surface area (Å²) in [5.41, 5.74) is 0.213. The van der Waals surface area contributed by atoms with E-state index in [4.69, 9.17) is 9.15 Å². The van der Waals surface area contributed by atoms with E-state index >= 15 is 0 Å². The third kappa shape index (κ3) is 3.26. The van der Waals surface area contributed by atoms with E-state index in [1.807, 2.05) is 43.0 Å². The average Bonchev–Trinajstić information content (AvgIpc) is 3.13. The second-order valence-electron chi connectivity index (χ2n) is 5.89. The summed E-state index contributed by atoms with van der Waals surface area (Å²) < 4.78 is 11.6. The number of benzene rings is 1. The molecule has 0 saturated carbocycles. The van der Waals surface area contributed by atoms with Gasteiger partial charge < -0.3 is 19.6 Å². The zero-order valence-corrected chi connectivity index (χ0v) is 13.9. The number of nitrogens with one attached hydrogen (secondary N) is 1. The minimum atomic E-state index is -0.582. The van der Waals surface area contributed by atoms with Gasteiger partial charge in [0.2, 0.25) is 0 Å². The Morgan fingerprint density at radius 1 is 1.50 bits per heavy atom. The number of furan rings is 1. The molecule has 1 saturated heterocycles. The van der Waals surface area contributed by atoms with E-state index in [2.05, 4.69) is 12.2 Å². The summed E-state index contributed by atoms with van der Waals surface area (Å²) in [6, 6.07) is 8.03. The van der Waals surface area contributed by atoms with Crippen LogP contribution in [0.15, 0.2) is 28.7 Å². The monoisotopic (exact) mass is 321 g/mol. The summed E-state index contributed by atoms with van der Waals surface area (Å²) in [5, 5.41) is 14.8. The van der Waals surface area contributed by atoms with Gasteiger partial charge in [0.1, 0.15) is 5.76 Å². The van der Waals surface area contributed by atoms with Crippen molar-refractivity contribution >= 4 is 22.7 Å². The summed E-state index contributed by atoms with van der Waals surface area (Å²) in [6.45, 7) is 5.24. The molecule has 4 nitrogen and oxygen atoms in total. The van der Waals surface area contributed by atoms with Gasteiger partial charge in [-0.25, -0.2) is 0 Å². The van der Waals surface area contributed by atoms with Gasteiger partial charge in [0.15, 0.2) is 11.3 Å². The highest BCUT2D eigenvalue weighted by atomic mass is 32.2. The van der Waals surface area contributed by atoms with Crippen LogP contribution in [0.5, 0.6) is 5.75 Å². The van der Waals surface area contributed by atoms with Crippen molar-refractivity contribution in [3.63, 3.8) is 0 Å². The van der Waals surface area contributed by atoms with Crippen molar-refractivity contribution in [1.29, 1.82) is 0 Å². The fourth-order valence-corrected chi connectivity index (χ4v) is 4.01. The molecule has 1 aromatic heterocycles. The van der Waals surface area contributed by atoms with Crippen molar-refractivity contribution in [2.24, 2.45) is 0 Å². The zero-order chi connectivity index (χ0) is 15.6. The Bertz CT molecular complexity index is 634. The van der Waals surface area contributed by atoms with Gasteiger partial charge in [-0.2, -0.15) is 11.8 Å². The van der Waals surface area contributed by atoms with Gasteiger partial charge >= 0.3 is 0 Å². The molecule has 0 spiro atoms. The molecule has 120 valence electrons. The van der Waals surface area contributed by atoms with Gasteiger partial charge in [-0.15, -0.1) is 0 Å². The van der Waals surface area contributed by atoms with E-state index < -0.39 is 5.60 Å². The van der Waals surface area contributed by atoms with Gasteiger partial charge in [0.25, 0.3) is 0 Å².